The molecule has 2 rings (SSSR count). The minimum absolute atomic E-state index is 0.137. The lowest BCUT2D eigenvalue weighted by Gasteiger charge is -2.12. The second kappa shape index (κ2) is 7.83. The Kier molecular flexibility index (Phi) is 5.81. The van der Waals surface area contributed by atoms with E-state index in [1.807, 2.05) is 0 Å². The van der Waals surface area contributed by atoms with Crippen molar-refractivity contribution in [3.05, 3.63) is 65.5 Å². The van der Waals surface area contributed by atoms with Crippen LogP contribution in [-0.2, 0) is 21.3 Å². The monoisotopic (exact) mass is 349 g/mol. The minimum Gasteiger partial charge on any atom is -0.478 e. The highest BCUT2D eigenvalue weighted by molar-refractivity contribution is 7.85. The maximum Gasteiger partial charge on any atom is 0.335 e. The fourth-order valence-corrected chi connectivity index (χ4v) is 3.00. The van der Waals surface area contributed by atoms with Crippen molar-refractivity contribution in [2.75, 3.05) is 5.32 Å². The van der Waals surface area contributed by atoms with Gasteiger partial charge in [-0.25, -0.2) is 9.18 Å². The Balaban J connectivity index is 1.96. The molecular formula is C17H16FNO4S. The molecule has 0 spiro atoms. The summed E-state index contributed by atoms with van der Waals surface area (Å²) in [5.41, 5.74) is 1.25. The summed E-state index contributed by atoms with van der Waals surface area (Å²) in [6, 6.07) is 11.3. The minimum atomic E-state index is -1.47. The molecule has 0 fully saturated rings. The van der Waals surface area contributed by atoms with Crippen LogP contribution in [0.3, 0.4) is 0 Å². The number of benzene rings is 2. The maximum atomic E-state index is 12.8. The summed E-state index contributed by atoms with van der Waals surface area (Å²) < 4.78 is 25.1. The van der Waals surface area contributed by atoms with Crippen molar-refractivity contribution in [3.63, 3.8) is 0 Å². The summed E-state index contributed by atoms with van der Waals surface area (Å²) in [7, 11) is -1.47. The predicted molar refractivity (Wildman–Crippen MR) is 89.7 cm³/mol. The van der Waals surface area contributed by atoms with Crippen molar-refractivity contribution in [1.29, 1.82) is 0 Å². The zero-order valence-electron chi connectivity index (χ0n) is 12.9. The molecule has 0 heterocycles. The highest BCUT2D eigenvalue weighted by atomic mass is 32.2. The van der Waals surface area contributed by atoms with Gasteiger partial charge in [0, 0.05) is 22.2 Å². The lowest BCUT2D eigenvalue weighted by atomic mass is 10.1. The third kappa shape index (κ3) is 4.73. The highest BCUT2D eigenvalue weighted by Gasteiger charge is 2.20. The van der Waals surface area contributed by atoms with Crippen LogP contribution in [0.25, 0.3) is 0 Å². The molecule has 0 aliphatic carbocycles. The zero-order valence-corrected chi connectivity index (χ0v) is 13.7. The number of nitrogens with one attached hydrogen (secondary N) is 1. The number of carbonyl (C=O) groups excluding carboxylic acids is 1. The lowest BCUT2D eigenvalue weighted by molar-refractivity contribution is -0.115. The number of carboxylic acids is 1. The molecule has 2 aromatic rings. The van der Waals surface area contributed by atoms with Crippen molar-refractivity contribution in [3.8, 4) is 0 Å². The molecular weight excluding hydrogens is 333 g/mol. The highest BCUT2D eigenvalue weighted by Crippen LogP contribution is 2.13. The molecule has 0 bridgehead atoms. The van der Waals surface area contributed by atoms with E-state index in [0.29, 0.717) is 11.3 Å². The summed E-state index contributed by atoms with van der Waals surface area (Å²) >= 11 is 0. The molecule has 126 valence electrons. The van der Waals surface area contributed by atoms with Gasteiger partial charge in [0.2, 0.25) is 5.91 Å². The Morgan fingerprint density at radius 2 is 1.71 bits per heavy atom. The van der Waals surface area contributed by atoms with Crippen LogP contribution < -0.4 is 5.32 Å². The van der Waals surface area contributed by atoms with Crippen molar-refractivity contribution in [2.24, 2.45) is 0 Å². The van der Waals surface area contributed by atoms with Crippen molar-refractivity contribution in [2.45, 2.75) is 17.9 Å². The van der Waals surface area contributed by atoms with Crippen LogP contribution in [0.2, 0.25) is 0 Å². The van der Waals surface area contributed by atoms with E-state index in [1.54, 1.807) is 19.1 Å². The first kappa shape index (κ1) is 17.8. The van der Waals surface area contributed by atoms with E-state index in [1.165, 1.54) is 36.4 Å². The van der Waals surface area contributed by atoms with E-state index in [9.17, 15) is 18.2 Å². The van der Waals surface area contributed by atoms with Crippen LogP contribution in [0.15, 0.2) is 48.5 Å². The number of anilines is 1. The van der Waals surface area contributed by atoms with E-state index < -0.39 is 33.7 Å². The van der Waals surface area contributed by atoms with Gasteiger partial charge in [0.1, 0.15) is 11.1 Å². The molecule has 5 nitrogen and oxygen atoms in total. The number of carbonyl (C=O) groups is 2. The number of carboxylic acid groups (broad SMARTS) is 1. The fraction of sp³-hybridized carbons (Fsp3) is 0.176. The van der Waals surface area contributed by atoms with Gasteiger partial charge in [-0.05, 0) is 48.9 Å². The van der Waals surface area contributed by atoms with Gasteiger partial charge in [0.25, 0.3) is 0 Å². The second-order valence-corrected chi connectivity index (χ2v) is 6.92. The van der Waals surface area contributed by atoms with Crippen molar-refractivity contribution >= 4 is 28.4 Å². The first-order chi connectivity index (χ1) is 11.4. The first-order valence-electron chi connectivity index (χ1n) is 7.12. The molecule has 2 aromatic carbocycles. The van der Waals surface area contributed by atoms with Gasteiger partial charge in [0.05, 0.1) is 5.56 Å². The third-order valence-electron chi connectivity index (χ3n) is 3.39. The SMILES string of the molecule is CC(C(=O)Nc1ccc(F)cc1)S(=O)Cc1ccc(C(=O)O)cc1. The largest absolute Gasteiger partial charge is 0.478 e. The first-order valence-corrected chi connectivity index (χ1v) is 8.51. The van der Waals surface area contributed by atoms with Crippen LogP contribution in [0.5, 0.6) is 0 Å². The number of hydrogen-bond acceptors (Lipinski definition) is 3. The molecule has 24 heavy (non-hydrogen) atoms. The van der Waals surface area contributed by atoms with Gasteiger partial charge < -0.3 is 10.4 Å². The summed E-state index contributed by atoms with van der Waals surface area (Å²) in [6.07, 6.45) is 0. The summed E-state index contributed by atoms with van der Waals surface area (Å²) in [4.78, 5) is 22.9. The topological polar surface area (TPSA) is 83.5 Å². The van der Waals surface area contributed by atoms with Crippen LogP contribution >= 0.6 is 0 Å². The Bertz CT molecular complexity index is 759. The smallest absolute Gasteiger partial charge is 0.335 e. The normalized spacial score (nSPS) is 13.1. The molecule has 0 aliphatic rings. The van der Waals surface area contributed by atoms with Gasteiger partial charge in [-0.2, -0.15) is 0 Å². The Morgan fingerprint density at radius 1 is 1.12 bits per heavy atom. The second-order valence-electron chi connectivity index (χ2n) is 5.17. The Labute approximate surface area is 141 Å². The van der Waals surface area contributed by atoms with Gasteiger partial charge in [-0.3, -0.25) is 9.00 Å². The van der Waals surface area contributed by atoms with Gasteiger partial charge in [-0.1, -0.05) is 12.1 Å². The van der Waals surface area contributed by atoms with E-state index in [0.717, 1.165) is 0 Å². The Morgan fingerprint density at radius 3 is 2.25 bits per heavy atom. The van der Waals surface area contributed by atoms with Gasteiger partial charge in [-0.15, -0.1) is 0 Å². The van der Waals surface area contributed by atoms with Crippen LogP contribution in [0.4, 0.5) is 10.1 Å². The van der Waals surface area contributed by atoms with Crippen LogP contribution in [0.1, 0.15) is 22.8 Å². The average Bonchev–Trinajstić information content (AvgIpc) is 2.56. The Hall–Kier alpha value is -2.54. The summed E-state index contributed by atoms with van der Waals surface area (Å²) in [6.45, 7) is 1.54. The van der Waals surface area contributed by atoms with Gasteiger partial charge in [0.15, 0.2) is 0 Å². The fourth-order valence-electron chi connectivity index (χ4n) is 1.93. The van der Waals surface area contributed by atoms with E-state index >= 15 is 0 Å². The standard InChI is InChI=1S/C17H16FNO4S/c1-11(16(20)19-15-8-6-14(18)7-9-15)24(23)10-12-2-4-13(5-3-12)17(21)22/h2-9,11H,10H2,1H3,(H,19,20)(H,21,22). The van der Waals surface area contributed by atoms with Crippen molar-refractivity contribution in [1.82, 2.24) is 0 Å². The number of amides is 1. The molecule has 2 N–H and O–H groups in total. The maximum absolute atomic E-state index is 12.8. The lowest BCUT2D eigenvalue weighted by Crippen LogP contribution is -2.29. The number of aromatic carboxylic acids is 1. The molecule has 2 atom stereocenters. The average molecular weight is 349 g/mol. The zero-order chi connectivity index (χ0) is 17.7. The molecule has 0 radical (unpaired) electrons. The van der Waals surface area contributed by atoms with Crippen LogP contribution in [0, 0.1) is 5.82 Å². The third-order valence-corrected chi connectivity index (χ3v) is 5.01. The van der Waals surface area contributed by atoms with E-state index in [2.05, 4.69) is 5.32 Å². The molecule has 0 aromatic heterocycles. The van der Waals surface area contributed by atoms with E-state index in [-0.39, 0.29) is 11.3 Å². The van der Waals surface area contributed by atoms with Crippen molar-refractivity contribution < 1.29 is 23.3 Å². The predicted octanol–water partition coefficient (Wildman–Crippen LogP) is 2.80. The molecule has 2 unspecified atom stereocenters. The van der Waals surface area contributed by atoms with Gasteiger partial charge >= 0.3 is 5.97 Å². The quantitative estimate of drug-likeness (QED) is 0.840. The molecule has 0 aliphatic heterocycles. The molecule has 7 heteroatoms. The number of halogens is 1. The van der Waals surface area contributed by atoms with Crippen LogP contribution in [-0.4, -0.2) is 26.4 Å². The molecule has 0 saturated carbocycles. The number of hydrogen-bond donors (Lipinski definition) is 2. The summed E-state index contributed by atoms with van der Waals surface area (Å²) in [5.74, 6) is -1.73. The summed E-state index contributed by atoms with van der Waals surface area (Å²) in [5, 5.41) is 10.7. The van der Waals surface area contributed by atoms with E-state index in [4.69, 9.17) is 5.11 Å². The molecule has 1 amide bonds. The molecule has 0 saturated heterocycles. The number of rotatable bonds is 6.